The van der Waals surface area contributed by atoms with Gasteiger partial charge in [-0.25, -0.2) is 9.97 Å². The summed E-state index contributed by atoms with van der Waals surface area (Å²) in [6.45, 7) is 7.19. The molecule has 6 heteroatoms. The zero-order valence-corrected chi connectivity index (χ0v) is 12.7. The summed E-state index contributed by atoms with van der Waals surface area (Å²) in [7, 11) is 0. The van der Waals surface area contributed by atoms with Crippen LogP contribution in [-0.4, -0.2) is 27.2 Å². The van der Waals surface area contributed by atoms with Gasteiger partial charge in [0.2, 0.25) is 0 Å². The molecule has 2 rings (SSSR count). The van der Waals surface area contributed by atoms with Crippen molar-refractivity contribution >= 4 is 34.4 Å². The number of nitrogens with zero attached hydrogens (tertiary/aromatic N) is 3. The van der Waals surface area contributed by atoms with Gasteiger partial charge in [-0.05, 0) is 26.8 Å². The Hall–Kier alpha value is -0.840. The third-order valence-electron chi connectivity index (χ3n) is 2.70. The Morgan fingerprint density at radius 1 is 1.37 bits per heavy atom. The van der Waals surface area contributed by atoms with E-state index in [0.717, 1.165) is 17.0 Å². The first-order valence-electron chi connectivity index (χ1n) is 6.26. The van der Waals surface area contributed by atoms with E-state index in [0.29, 0.717) is 18.2 Å². The highest BCUT2D eigenvalue weighted by Crippen LogP contribution is 2.24. The standard InChI is InChI=1S/C13H17Cl2N3O/c1-8(2)19-5-4-18-12(9(3)14)17-11-6-10(15)7-16-13(11)18/h6-9H,4-5H2,1-3H3. The van der Waals surface area contributed by atoms with Gasteiger partial charge in [-0.2, -0.15) is 0 Å². The summed E-state index contributed by atoms with van der Waals surface area (Å²) in [6, 6.07) is 1.80. The van der Waals surface area contributed by atoms with Crippen molar-refractivity contribution in [3.8, 4) is 0 Å². The number of imidazole rings is 1. The molecule has 1 unspecified atom stereocenters. The van der Waals surface area contributed by atoms with Crippen LogP contribution in [0.25, 0.3) is 11.2 Å². The molecule has 2 aromatic heterocycles. The molecule has 0 saturated carbocycles. The summed E-state index contributed by atoms with van der Waals surface area (Å²) < 4.78 is 7.57. The van der Waals surface area contributed by atoms with E-state index in [4.69, 9.17) is 27.9 Å². The van der Waals surface area contributed by atoms with Crippen LogP contribution >= 0.6 is 23.2 Å². The van der Waals surface area contributed by atoms with Crippen LogP contribution in [0.5, 0.6) is 0 Å². The number of hydrogen-bond acceptors (Lipinski definition) is 3. The Morgan fingerprint density at radius 3 is 2.74 bits per heavy atom. The summed E-state index contributed by atoms with van der Waals surface area (Å²) in [4.78, 5) is 8.84. The van der Waals surface area contributed by atoms with Crippen LogP contribution < -0.4 is 0 Å². The lowest BCUT2D eigenvalue weighted by atomic mass is 10.4. The SMILES string of the molecule is CC(C)OCCn1c(C(C)Cl)nc2cc(Cl)cnc21. The van der Waals surface area contributed by atoms with Gasteiger partial charge >= 0.3 is 0 Å². The molecule has 0 saturated heterocycles. The van der Waals surface area contributed by atoms with Crippen LogP contribution in [0.3, 0.4) is 0 Å². The van der Waals surface area contributed by atoms with Crippen LogP contribution in [0.15, 0.2) is 12.3 Å². The van der Waals surface area contributed by atoms with E-state index < -0.39 is 0 Å². The van der Waals surface area contributed by atoms with Crippen molar-refractivity contribution in [3.63, 3.8) is 0 Å². The number of ether oxygens (including phenoxy) is 1. The molecule has 19 heavy (non-hydrogen) atoms. The Morgan fingerprint density at radius 2 is 2.11 bits per heavy atom. The first kappa shape index (κ1) is 14.6. The maximum absolute atomic E-state index is 6.18. The molecule has 0 amide bonds. The number of pyridine rings is 1. The number of halogens is 2. The predicted octanol–water partition coefficient (Wildman–Crippen LogP) is 3.81. The molecule has 0 aliphatic carbocycles. The summed E-state index contributed by atoms with van der Waals surface area (Å²) in [5, 5.41) is 0.386. The Labute approximate surface area is 122 Å². The number of rotatable bonds is 5. The molecule has 4 nitrogen and oxygen atoms in total. The molecule has 0 radical (unpaired) electrons. The largest absolute Gasteiger partial charge is 0.377 e. The van der Waals surface area contributed by atoms with Crippen LogP contribution in [0, 0.1) is 0 Å². The zero-order valence-electron chi connectivity index (χ0n) is 11.2. The first-order valence-corrected chi connectivity index (χ1v) is 7.08. The fourth-order valence-electron chi connectivity index (χ4n) is 1.91. The minimum atomic E-state index is -0.188. The minimum Gasteiger partial charge on any atom is -0.377 e. The molecule has 0 spiro atoms. The second-order valence-corrected chi connectivity index (χ2v) is 5.74. The fourth-order valence-corrected chi connectivity index (χ4v) is 2.23. The van der Waals surface area contributed by atoms with Gasteiger partial charge in [-0.3, -0.25) is 0 Å². The van der Waals surface area contributed by atoms with Crippen molar-refractivity contribution in [2.24, 2.45) is 0 Å². The Bertz CT molecular complexity index is 566. The second kappa shape index (κ2) is 6.07. The predicted molar refractivity (Wildman–Crippen MR) is 77.9 cm³/mol. The fraction of sp³-hybridized carbons (Fsp3) is 0.538. The van der Waals surface area contributed by atoms with Crippen molar-refractivity contribution in [2.45, 2.75) is 38.8 Å². The molecule has 0 N–H and O–H groups in total. The number of hydrogen-bond donors (Lipinski definition) is 0. The van der Waals surface area contributed by atoms with Crippen LogP contribution in [0.1, 0.15) is 32.0 Å². The van der Waals surface area contributed by atoms with E-state index in [1.807, 2.05) is 25.3 Å². The van der Waals surface area contributed by atoms with Gasteiger partial charge in [0.1, 0.15) is 11.3 Å². The smallest absolute Gasteiger partial charge is 0.160 e. The molecule has 2 aromatic rings. The molecular weight excluding hydrogens is 285 g/mol. The highest BCUT2D eigenvalue weighted by Gasteiger charge is 2.16. The van der Waals surface area contributed by atoms with E-state index in [1.165, 1.54) is 0 Å². The minimum absolute atomic E-state index is 0.188. The van der Waals surface area contributed by atoms with Crippen molar-refractivity contribution < 1.29 is 4.74 Å². The van der Waals surface area contributed by atoms with Crippen molar-refractivity contribution in [1.82, 2.24) is 14.5 Å². The number of aromatic nitrogens is 3. The number of fused-ring (bicyclic) bond motifs is 1. The molecule has 104 valence electrons. The maximum Gasteiger partial charge on any atom is 0.160 e. The second-order valence-electron chi connectivity index (χ2n) is 4.65. The zero-order chi connectivity index (χ0) is 14.0. The van der Waals surface area contributed by atoms with Crippen LogP contribution in [0.2, 0.25) is 5.02 Å². The van der Waals surface area contributed by atoms with Crippen LogP contribution in [0.4, 0.5) is 0 Å². The Balaban J connectivity index is 2.35. The summed E-state index contributed by atoms with van der Waals surface area (Å²) in [5.41, 5.74) is 1.55. The van der Waals surface area contributed by atoms with Gasteiger partial charge < -0.3 is 9.30 Å². The highest BCUT2D eigenvalue weighted by atomic mass is 35.5. The van der Waals surface area contributed by atoms with Crippen molar-refractivity contribution in [3.05, 3.63) is 23.1 Å². The lowest BCUT2D eigenvalue weighted by Crippen LogP contribution is -2.13. The third-order valence-corrected chi connectivity index (χ3v) is 3.10. The lowest BCUT2D eigenvalue weighted by Gasteiger charge is -2.11. The summed E-state index contributed by atoms with van der Waals surface area (Å²) in [6.07, 6.45) is 1.82. The Kier molecular flexibility index (Phi) is 4.66. The average molecular weight is 302 g/mol. The molecule has 0 bridgehead atoms. The van der Waals surface area contributed by atoms with Crippen molar-refractivity contribution in [1.29, 1.82) is 0 Å². The van der Waals surface area contributed by atoms with E-state index >= 15 is 0 Å². The van der Waals surface area contributed by atoms with E-state index in [2.05, 4.69) is 9.97 Å². The van der Waals surface area contributed by atoms with Crippen LogP contribution in [-0.2, 0) is 11.3 Å². The van der Waals surface area contributed by atoms with Gasteiger partial charge in [-0.1, -0.05) is 11.6 Å². The normalized spacial score (nSPS) is 13.4. The quantitative estimate of drug-likeness (QED) is 0.788. The van der Waals surface area contributed by atoms with E-state index in [-0.39, 0.29) is 11.5 Å². The molecule has 2 heterocycles. The third kappa shape index (κ3) is 3.38. The molecule has 1 atom stereocenters. The van der Waals surface area contributed by atoms with Gasteiger partial charge in [0.05, 0.1) is 23.1 Å². The van der Waals surface area contributed by atoms with E-state index in [9.17, 15) is 0 Å². The molecule has 0 aliphatic rings. The first-order chi connectivity index (χ1) is 8.99. The lowest BCUT2D eigenvalue weighted by molar-refractivity contribution is 0.0728. The number of alkyl halides is 1. The van der Waals surface area contributed by atoms with Gasteiger partial charge in [0.25, 0.3) is 0 Å². The molecule has 0 aliphatic heterocycles. The molecule has 0 aromatic carbocycles. The molecule has 0 fully saturated rings. The average Bonchev–Trinajstić information content (AvgIpc) is 2.67. The van der Waals surface area contributed by atoms with Crippen molar-refractivity contribution in [2.75, 3.05) is 6.61 Å². The van der Waals surface area contributed by atoms with Gasteiger partial charge in [0, 0.05) is 12.7 Å². The maximum atomic E-state index is 6.18. The monoisotopic (exact) mass is 301 g/mol. The molecular formula is C13H17Cl2N3O. The van der Waals surface area contributed by atoms with Gasteiger partial charge in [-0.15, -0.1) is 11.6 Å². The highest BCUT2D eigenvalue weighted by molar-refractivity contribution is 6.31. The summed E-state index contributed by atoms with van der Waals surface area (Å²) >= 11 is 12.1. The van der Waals surface area contributed by atoms with E-state index in [1.54, 1.807) is 12.3 Å². The topological polar surface area (TPSA) is 39.9 Å². The van der Waals surface area contributed by atoms with Gasteiger partial charge in [0.15, 0.2) is 5.65 Å². The summed E-state index contributed by atoms with van der Waals surface area (Å²) in [5.74, 6) is 0.791.